The van der Waals surface area contributed by atoms with Gasteiger partial charge in [0.15, 0.2) is 0 Å². The van der Waals surface area contributed by atoms with Gasteiger partial charge in [0.2, 0.25) is 5.91 Å². The van der Waals surface area contributed by atoms with Crippen molar-refractivity contribution >= 4 is 63.1 Å². The van der Waals surface area contributed by atoms with E-state index in [-0.39, 0.29) is 5.91 Å². The number of halogens is 2. The zero-order valence-corrected chi connectivity index (χ0v) is 14.6. The van der Waals surface area contributed by atoms with Crippen LogP contribution in [0.4, 0.5) is 5.00 Å². The molecule has 116 valence electrons. The molecule has 0 saturated heterocycles. The molecular formula is C14H12Cl2N2O2S2. The number of hydrogen-bond acceptors (Lipinski definition) is 4. The van der Waals surface area contributed by atoms with Crippen molar-refractivity contribution in [2.75, 3.05) is 5.32 Å². The Morgan fingerprint density at radius 2 is 1.91 bits per heavy atom. The molecule has 0 aliphatic carbocycles. The first kappa shape index (κ1) is 17.1. The van der Waals surface area contributed by atoms with Crippen LogP contribution in [0.25, 0.3) is 0 Å². The molecule has 1 heterocycles. The summed E-state index contributed by atoms with van der Waals surface area (Å²) >= 11 is 14.7. The number of nitrogens with one attached hydrogen (secondary N) is 1. The highest BCUT2D eigenvalue weighted by Crippen LogP contribution is 2.36. The minimum atomic E-state index is -0.578. The number of hydrogen-bond donors (Lipinski definition) is 2. The van der Waals surface area contributed by atoms with Crippen molar-refractivity contribution in [2.24, 2.45) is 5.73 Å². The lowest BCUT2D eigenvalue weighted by atomic mass is 10.3. The van der Waals surface area contributed by atoms with Gasteiger partial charge in [-0.1, -0.05) is 29.3 Å². The molecule has 0 fully saturated rings. The summed E-state index contributed by atoms with van der Waals surface area (Å²) in [7, 11) is 0. The lowest BCUT2D eigenvalue weighted by Crippen LogP contribution is -2.23. The molecule has 0 radical (unpaired) electrons. The Bertz CT molecular complexity index is 698. The largest absolute Gasteiger partial charge is 0.366 e. The second kappa shape index (κ2) is 7.37. The smallest absolute Gasteiger partial charge is 0.251 e. The van der Waals surface area contributed by atoms with E-state index in [1.54, 1.807) is 36.6 Å². The van der Waals surface area contributed by atoms with Gasteiger partial charge in [0.05, 0.1) is 20.9 Å². The fraction of sp³-hybridized carbons (Fsp3) is 0.143. The van der Waals surface area contributed by atoms with Crippen LogP contribution in [-0.2, 0) is 4.79 Å². The highest BCUT2D eigenvalue weighted by Gasteiger charge is 2.20. The number of thioether (sulfide) groups is 1. The van der Waals surface area contributed by atoms with E-state index in [4.69, 9.17) is 28.9 Å². The monoisotopic (exact) mass is 374 g/mol. The van der Waals surface area contributed by atoms with Crippen LogP contribution in [0.15, 0.2) is 34.5 Å². The maximum Gasteiger partial charge on any atom is 0.251 e. The predicted octanol–water partition coefficient (Wildman–Crippen LogP) is 4.27. The minimum Gasteiger partial charge on any atom is -0.366 e. The van der Waals surface area contributed by atoms with Gasteiger partial charge < -0.3 is 11.1 Å². The summed E-state index contributed by atoms with van der Waals surface area (Å²) in [5.41, 5.74) is 5.55. The highest BCUT2D eigenvalue weighted by atomic mass is 35.5. The van der Waals surface area contributed by atoms with Crippen molar-refractivity contribution in [3.05, 3.63) is 45.3 Å². The summed E-state index contributed by atoms with van der Waals surface area (Å²) in [6.45, 7) is 1.73. The maximum atomic E-state index is 12.2. The van der Waals surface area contributed by atoms with Crippen LogP contribution in [0.5, 0.6) is 0 Å². The van der Waals surface area contributed by atoms with Gasteiger partial charge >= 0.3 is 0 Å². The molecule has 0 saturated carbocycles. The fourth-order valence-electron chi connectivity index (χ4n) is 1.64. The number of carbonyl (C=O) groups is 2. The molecule has 3 N–H and O–H groups in total. The minimum absolute atomic E-state index is 0.258. The Labute approximate surface area is 146 Å². The lowest BCUT2D eigenvalue weighted by molar-refractivity contribution is -0.115. The summed E-state index contributed by atoms with van der Waals surface area (Å²) in [6.07, 6.45) is 0. The normalized spacial score (nSPS) is 12.0. The van der Waals surface area contributed by atoms with Crippen molar-refractivity contribution < 1.29 is 9.59 Å². The molecule has 0 aliphatic rings. The molecule has 0 aliphatic heterocycles. The molecule has 1 aromatic heterocycles. The van der Waals surface area contributed by atoms with E-state index in [0.29, 0.717) is 25.5 Å². The van der Waals surface area contributed by atoms with Crippen LogP contribution < -0.4 is 11.1 Å². The zero-order chi connectivity index (χ0) is 16.3. The number of carbonyl (C=O) groups excluding carboxylic acids is 2. The highest BCUT2D eigenvalue weighted by molar-refractivity contribution is 8.00. The molecule has 4 nitrogen and oxygen atoms in total. The number of thiophene rings is 1. The third kappa shape index (κ3) is 3.95. The van der Waals surface area contributed by atoms with Crippen molar-refractivity contribution in [3.63, 3.8) is 0 Å². The van der Waals surface area contributed by atoms with Crippen LogP contribution in [0, 0.1) is 0 Å². The van der Waals surface area contributed by atoms with Crippen LogP contribution in [0.1, 0.15) is 17.3 Å². The maximum absolute atomic E-state index is 12.2. The lowest BCUT2D eigenvalue weighted by Gasteiger charge is -2.13. The first-order chi connectivity index (χ1) is 10.4. The van der Waals surface area contributed by atoms with Gasteiger partial charge in [-0.25, -0.2) is 0 Å². The molecule has 0 spiro atoms. The van der Waals surface area contributed by atoms with E-state index in [1.807, 2.05) is 0 Å². The Kier molecular flexibility index (Phi) is 5.74. The first-order valence-electron chi connectivity index (χ1n) is 6.19. The molecule has 22 heavy (non-hydrogen) atoms. The Balaban J connectivity index is 2.10. The van der Waals surface area contributed by atoms with E-state index in [0.717, 1.165) is 0 Å². The van der Waals surface area contributed by atoms with Crippen LogP contribution in [0.2, 0.25) is 10.0 Å². The Morgan fingerprint density at radius 3 is 2.50 bits per heavy atom. The molecule has 1 atom stereocenters. The van der Waals surface area contributed by atoms with E-state index in [1.165, 1.54) is 23.1 Å². The predicted molar refractivity (Wildman–Crippen MR) is 93.2 cm³/mol. The van der Waals surface area contributed by atoms with E-state index in [2.05, 4.69) is 5.32 Å². The molecule has 2 aromatic rings. The van der Waals surface area contributed by atoms with Crippen molar-refractivity contribution in [3.8, 4) is 0 Å². The van der Waals surface area contributed by atoms with Crippen LogP contribution >= 0.6 is 46.3 Å². The van der Waals surface area contributed by atoms with Crippen molar-refractivity contribution in [1.29, 1.82) is 0 Å². The Hall–Kier alpha value is -1.21. The number of benzene rings is 1. The summed E-state index contributed by atoms with van der Waals surface area (Å²) in [5, 5.41) is 5.37. The van der Waals surface area contributed by atoms with Crippen molar-refractivity contribution in [1.82, 2.24) is 0 Å². The molecule has 8 heteroatoms. The number of primary amides is 1. The Morgan fingerprint density at radius 1 is 1.27 bits per heavy atom. The van der Waals surface area contributed by atoms with E-state index >= 15 is 0 Å². The summed E-state index contributed by atoms with van der Waals surface area (Å²) in [4.78, 5) is 24.1. The van der Waals surface area contributed by atoms with Gasteiger partial charge in [-0.05, 0) is 30.5 Å². The third-order valence-corrected chi connectivity index (χ3v) is 5.68. The quantitative estimate of drug-likeness (QED) is 0.767. The summed E-state index contributed by atoms with van der Waals surface area (Å²) in [6, 6.07) is 6.74. The number of amides is 2. The SMILES string of the molecule is CC(Sc1c(Cl)cccc1Cl)C(=O)Nc1sccc1C(N)=O. The standard InChI is InChI=1S/C14H12Cl2N2O2S2/c1-7(22-11-9(15)3-2-4-10(11)16)13(20)18-14-8(12(17)19)5-6-21-14/h2-7H,1H3,(H2,17,19)(H,18,20). The zero-order valence-electron chi connectivity index (χ0n) is 11.4. The molecule has 2 rings (SSSR count). The number of rotatable bonds is 5. The van der Waals surface area contributed by atoms with E-state index < -0.39 is 11.2 Å². The molecular weight excluding hydrogens is 363 g/mol. The molecule has 0 bridgehead atoms. The topological polar surface area (TPSA) is 72.2 Å². The molecule has 2 amide bonds. The number of nitrogens with two attached hydrogens (primary N) is 1. The second-order valence-corrected chi connectivity index (χ2v) is 7.41. The molecule has 1 aromatic carbocycles. The fourth-order valence-corrected chi connectivity index (χ4v) is 3.98. The van der Waals surface area contributed by atoms with Gasteiger partial charge in [-0.15, -0.1) is 23.1 Å². The van der Waals surface area contributed by atoms with Gasteiger partial charge in [0.1, 0.15) is 5.00 Å². The van der Waals surface area contributed by atoms with Gasteiger partial charge in [0, 0.05) is 4.90 Å². The third-order valence-electron chi connectivity index (χ3n) is 2.75. The number of anilines is 1. The first-order valence-corrected chi connectivity index (χ1v) is 8.70. The van der Waals surface area contributed by atoms with Gasteiger partial charge in [0.25, 0.3) is 5.91 Å². The van der Waals surface area contributed by atoms with Gasteiger partial charge in [-0.3, -0.25) is 9.59 Å². The summed E-state index contributed by atoms with van der Waals surface area (Å²) < 4.78 is 0. The van der Waals surface area contributed by atoms with E-state index in [9.17, 15) is 9.59 Å². The average molecular weight is 375 g/mol. The van der Waals surface area contributed by atoms with Crippen LogP contribution in [-0.4, -0.2) is 17.1 Å². The van der Waals surface area contributed by atoms with Gasteiger partial charge in [-0.2, -0.15) is 0 Å². The second-order valence-electron chi connectivity index (χ2n) is 4.33. The average Bonchev–Trinajstić information content (AvgIpc) is 2.91. The summed E-state index contributed by atoms with van der Waals surface area (Å²) in [5.74, 6) is -0.836. The van der Waals surface area contributed by atoms with Crippen molar-refractivity contribution in [2.45, 2.75) is 17.1 Å². The van der Waals surface area contributed by atoms with Crippen LogP contribution in [0.3, 0.4) is 0 Å². The molecule has 1 unspecified atom stereocenters.